The number of carbonyl (C=O) groups is 1. The molecule has 110 valence electrons. The third kappa shape index (κ3) is 3.37. The van der Waals surface area contributed by atoms with E-state index in [4.69, 9.17) is 5.11 Å². The van der Waals surface area contributed by atoms with Gasteiger partial charge in [-0.15, -0.1) is 0 Å². The Hall–Kier alpha value is -2.43. The summed E-state index contributed by atoms with van der Waals surface area (Å²) in [6.07, 6.45) is 0. The quantitative estimate of drug-likeness (QED) is 0.935. The van der Waals surface area contributed by atoms with E-state index < -0.39 is 23.2 Å². The predicted octanol–water partition coefficient (Wildman–Crippen LogP) is 3.61. The van der Waals surface area contributed by atoms with Gasteiger partial charge in [-0.1, -0.05) is 29.8 Å². The largest absolute Gasteiger partial charge is 0.478 e. The van der Waals surface area contributed by atoms with Crippen LogP contribution < -0.4 is 4.90 Å². The molecule has 5 heteroatoms. The summed E-state index contributed by atoms with van der Waals surface area (Å²) in [5.41, 5.74) is 1.37. The lowest BCUT2D eigenvalue weighted by Crippen LogP contribution is -2.19. The van der Waals surface area contributed by atoms with Gasteiger partial charge in [-0.05, 0) is 24.6 Å². The van der Waals surface area contributed by atoms with Crippen LogP contribution in [0.4, 0.5) is 14.5 Å². The number of hydrogen-bond acceptors (Lipinski definition) is 2. The molecule has 0 atom stereocenters. The van der Waals surface area contributed by atoms with E-state index in [-0.39, 0.29) is 5.69 Å². The zero-order valence-electron chi connectivity index (χ0n) is 11.7. The number of aryl methyl sites for hydroxylation is 1. The van der Waals surface area contributed by atoms with Crippen molar-refractivity contribution in [1.82, 2.24) is 0 Å². The van der Waals surface area contributed by atoms with Gasteiger partial charge in [-0.2, -0.15) is 0 Å². The van der Waals surface area contributed by atoms with Crippen molar-refractivity contribution in [2.75, 3.05) is 11.9 Å². The number of hydrogen-bond donors (Lipinski definition) is 1. The Morgan fingerprint density at radius 3 is 2.14 bits per heavy atom. The van der Waals surface area contributed by atoms with Crippen LogP contribution in [0.3, 0.4) is 0 Å². The lowest BCUT2D eigenvalue weighted by molar-refractivity contribution is 0.0695. The fourth-order valence-corrected chi connectivity index (χ4v) is 2.10. The van der Waals surface area contributed by atoms with Gasteiger partial charge >= 0.3 is 5.97 Å². The molecule has 2 aromatic carbocycles. The van der Waals surface area contributed by atoms with Crippen molar-refractivity contribution in [3.8, 4) is 0 Å². The summed E-state index contributed by atoms with van der Waals surface area (Å²) in [5, 5.41) is 8.78. The van der Waals surface area contributed by atoms with E-state index in [1.807, 2.05) is 31.2 Å². The molecule has 0 aliphatic heterocycles. The zero-order valence-corrected chi connectivity index (χ0v) is 11.7. The minimum atomic E-state index is -1.36. The molecular formula is C16H15F2NO2. The molecule has 0 heterocycles. The Kier molecular flexibility index (Phi) is 4.21. The number of nitrogens with zero attached hydrogens (tertiary/aromatic N) is 1. The molecule has 1 N–H and O–H groups in total. The standard InChI is InChI=1S/C16H15F2NO2/c1-10-3-5-11(6-4-10)9-19(2)15-13(17)7-12(16(20)21)8-14(15)18/h3-8H,9H2,1-2H3,(H,20,21). The molecule has 0 saturated heterocycles. The van der Waals surface area contributed by atoms with Crippen molar-refractivity contribution in [3.63, 3.8) is 0 Å². The molecule has 0 aromatic heterocycles. The molecule has 0 saturated carbocycles. The predicted molar refractivity (Wildman–Crippen MR) is 76.6 cm³/mol. The first-order valence-electron chi connectivity index (χ1n) is 6.37. The molecule has 3 nitrogen and oxygen atoms in total. The van der Waals surface area contributed by atoms with Gasteiger partial charge in [0.15, 0.2) is 0 Å². The molecule has 2 rings (SSSR count). The highest BCUT2D eigenvalue weighted by molar-refractivity contribution is 5.88. The molecule has 0 aliphatic carbocycles. The molecular weight excluding hydrogens is 276 g/mol. The van der Waals surface area contributed by atoms with Crippen LogP contribution in [0.2, 0.25) is 0 Å². The monoisotopic (exact) mass is 291 g/mol. The fraction of sp³-hybridized carbons (Fsp3) is 0.188. The van der Waals surface area contributed by atoms with Crippen molar-refractivity contribution in [2.24, 2.45) is 0 Å². The first kappa shape index (κ1) is 15.0. The number of carboxylic acid groups (broad SMARTS) is 1. The maximum atomic E-state index is 13.9. The number of anilines is 1. The van der Waals surface area contributed by atoms with Crippen LogP contribution in [0.25, 0.3) is 0 Å². The molecule has 0 aliphatic rings. The van der Waals surface area contributed by atoms with Gasteiger partial charge in [0.2, 0.25) is 0 Å². The molecule has 0 bridgehead atoms. The van der Waals surface area contributed by atoms with E-state index in [9.17, 15) is 13.6 Å². The minimum Gasteiger partial charge on any atom is -0.478 e. The van der Waals surface area contributed by atoms with Gasteiger partial charge in [-0.3, -0.25) is 0 Å². The molecule has 21 heavy (non-hydrogen) atoms. The average molecular weight is 291 g/mol. The van der Waals surface area contributed by atoms with Crippen molar-refractivity contribution in [3.05, 3.63) is 64.7 Å². The molecule has 0 radical (unpaired) electrons. The molecule has 0 unspecified atom stereocenters. The Balaban J connectivity index is 2.28. The summed E-state index contributed by atoms with van der Waals surface area (Å²) >= 11 is 0. The second-order valence-corrected chi connectivity index (χ2v) is 4.94. The summed E-state index contributed by atoms with van der Waals surface area (Å²) in [6.45, 7) is 2.28. The lowest BCUT2D eigenvalue weighted by atomic mass is 10.1. The number of rotatable bonds is 4. The number of halogens is 2. The minimum absolute atomic E-state index is 0.236. The van der Waals surface area contributed by atoms with E-state index in [0.29, 0.717) is 6.54 Å². The van der Waals surface area contributed by atoms with E-state index in [0.717, 1.165) is 23.3 Å². The van der Waals surface area contributed by atoms with Crippen LogP contribution in [-0.4, -0.2) is 18.1 Å². The highest BCUT2D eigenvalue weighted by Gasteiger charge is 2.18. The van der Waals surface area contributed by atoms with Crippen LogP contribution in [-0.2, 0) is 6.54 Å². The van der Waals surface area contributed by atoms with Crippen LogP contribution in [0.1, 0.15) is 21.5 Å². The lowest BCUT2D eigenvalue weighted by Gasteiger charge is -2.21. The molecule has 0 fully saturated rings. The highest BCUT2D eigenvalue weighted by atomic mass is 19.1. The van der Waals surface area contributed by atoms with E-state index in [1.165, 1.54) is 4.90 Å². The van der Waals surface area contributed by atoms with E-state index in [1.54, 1.807) is 7.05 Å². The van der Waals surface area contributed by atoms with Crippen molar-refractivity contribution >= 4 is 11.7 Å². The number of benzene rings is 2. The van der Waals surface area contributed by atoms with Crippen LogP contribution in [0, 0.1) is 18.6 Å². The summed E-state index contributed by atoms with van der Waals surface area (Å²) in [4.78, 5) is 12.2. The summed E-state index contributed by atoms with van der Waals surface area (Å²) in [5.74, 6) is -3.13. The second-order valence-electron chi connectivity index (χ2n) is 4.94. The molecule has 0 spiro atoms. The summed E-state index contributed by atoms with van der Waals surface area (Å²) in [6, 6.07) is 9.26. The SMILES string of the molecule is Cc1ccc(CN(C)c2c(F)cc(C(=O)O)cc2F)cc1. The Morgan fingerprint density at radius 2 is 1.67 bits per heavy atom. The Bertz CT molecular complexity index is 645. The van der Waals surface area contributed by atoms with Crippen molar-refractivity contribution in [2.45, 2.75) is 13.5 Å². The second kappa shape index (κ2) is 5.91. The van der Waals surface area contributed by atoms with Crippen molar-refractivity contribution in [1.29, 1.82) is 0 Å². The Morgan fingerprint density at radius 1 is 1.14 bits per heavy atom. The first-order valence-corrected chi connectivity index (χ1v) is 6.37. The first-order chi connectivity index (χ1) is 9.88. The molecule has 2 aromatic rings. The number of aromatic carboxylic acids is 1. The van der Waals surface area contributed by atoms with Crippen LogP contribution in [0.15, 0.2) is 36.4 Å². The maximum absolute atomic E-state index is 13.9. The normalized spacial score (nSPS) is 10.5. The van der Waals surface area contributed by atoms with Gasteiger partial charge < -0.3 is 10.0 Å². The topological polar surface area (TPSA) is 40.5 Å². The van der Waals surface area contributed by atoms with Crippen LogP contribution in [0.5, 0.6) is 0 Å². The molecule has 0 amide bonds. The number of carboxylic acids is 1. The smallest absolute Gasteiger partial charge is 0.335 e. The van der Waals surface area contributed by atoms with E-state index >= 15 is 0 Å². The van der Waals surface area contributed by atoms with E-state index in [2.05, 4.69) is 0 Å². The van der Waals surface area contributed by atoms with Crippen molar-refractivity contribution < 1.29 is 18.7 Å². The van der Waals surface area contributed by atoms with Gasteiger partial charge in [-0.25, -0.2) is 13.6 Å². The third-order valence-corrected chi connectivity index (χ3v) is 3.19. The van der Waals surface area contributed by atoms with Crippen LogP contribution >= 0.6 is 0 Å². The summed E-state index contributed by atoms with van der Waals surface area (Å²) < 4.78 is 27.9. The highest BCUT2D eigenvalue weighted by Crippen LogP contribution is 2.25. The van der Waals surface area contributed by atoms with Gasteiger partial charge in [0.1, 0.15) is 17.3 Å². The van der Waals surface area contributed by atoms with Gasteiger partial charge in [0, 0.05) is 13.6 Å². The average Bonchev–Trinajstić information content (AvgIpc) is 2.40. The fourth-order valence-electron chi connectivity index (χ4n) is 2.10. The Labute approximate surface area is 121 Å². The maximum Gasteiger partial charge on any atom is 0.335 e. The zero-order chi connectivity index (χ0) is 15.6. The third-order valence-electron chi connectivity index (χ3n) is 3.19. The van der Waals surface area contributed by atoms with Gasteiger partial charge in [0.05, 0.1) is 5.56 Å². The summed E-state index contributed by atoms with van der Waals surface area (Å²) in [7, 11) is 1.56. The van der Waals surface area contributed by atoms with Gasteiger partial charge in [0.25, 0.3) is 0 Å².